The average Bonchev–Trinajstić information content (AvgIpc) is 3.01. The summed E-state index contributed by atoms with van der Waals surface area (Å²) in [4.78, 5) is 24.9. The summed E-state index contributed by atoms with van der Waals surface area (Å²) in [7, 11) is 0. The number of aliphatic imine (C=N–C) groups is 1. The number of hydrogen-bond acceptors (Lipinski definition) is 5. The van der Waals surface area contributed by atoms with Crippen molar-refractivity contribution >= 4 is 39.8 Å². The van der Waals surface area contributed by atoms with E-state index in [0.29, 0.717) is 23.0 Å². The number of benzene rings is 2. The second-order valence-corrected chi connectivity index (χ2v) is 7.01. The zero-order chi connectivity index (χ0) is 18.6. The second-order valence-electron chi connectivity index (χ2n) is 5.98. The lowest BCUT2D eigenvalue weighted by molar-refractivity contribution is -0.113. The molecular weight excluding hydrogens is 363 g/mol. The van der Waals surface area contributed by atoms with Crippen LogP contribution in [0.25, 0.3) is 17.0 Å². The van der Waals surface area contributed by atoms with Crippen molar-refractivity contribution in [2.45, 2.75) is 6.42 Å². The van der Waals surface area contributed by atoms with Crippen molar-refractivity contribution in [1.82, 2.24) is 15.3 Å². The van der Waals surface area contributed by atoms with Crippen LogP contribution in [0.3, 0.4) is 0 Å². The summed E-state index contributed by atoms with van der Waals surface area (Å²) in [6, 6.07) is 12.2. The number of fused-ring (bicyclic) bond motifs is 1. The van der Waals surface area contributed by atoms with E-state index >= 15 is 0 Å². The molecule has 1 aliphatic heterocycles. The second kappa shape index (κ2) is 7.67. The van der Waals surface area contributed by atoms with Crippen molar-refractivity contribution in [2.24, 2.45) is 4.99 Å². The number of aromatic nitrogens is 2. The predicted octanol–water partition coefficient (Wildman–Crippen LogP) is 3.57. The van der Waals surface area contributed by atoms with Gasteiger partial charge >= 0.3 is 0 Å². The Hall–Kier alpha value is -3.06. The standard InChI is InChI=1S/C20H15FN4OS/c21-16-3-1-2-13(9-16)6-7-23-20-25-19(26)18(27-20)10-14-4-5-17-15(8-14)11-22-12-24-17/h1-5,8-12H,6-7H2,(H,23,25,26). The minimum atomic E-state index is -0.266. The first-order chi connectivity index (χ1) is 13.2. The molecule has 0 saturated carbocycles. The van der Waals surface area contributed by atoms with E-state index in [-0.39, 0.29) is 11.7 Å². The molecule has 134 valence electrons. The number of carbonyl (C=O) groups excluding carboxylic acids is 1. The molecular formula is C20H15FN4OS. The van der Waals surface area contributed by atoms with Crippen LogP contribution in [0, 0.1) is 5.82 Å². The van der Waals surface area contributed by atoms with Gasteiger partial charge in [0.05, 0.1) is 10.4 Å². The molecule has 3 aromatic rings. The molecule has 1 aromatic heterocycles. The van der Waals surface area contributed by atoms with Crippen molar-refractivity contribution in [2.75, 3.05) is 6.54 Å². The smallest absolute Gasteiger partial charge is 0.286 e. The normalized spacial score (nSPS) is 15.4. The lowest BCUT2D eigenvalue weighted by atomic mass is 10.1. The summed E-state index contributed by atoms with van der Waals surface area (Å²) in [5.74, 6) is -0.515. The Labute approximate surface area is 159 Å². The van der Waals surface area contributed by atoms with Crippen molar-refractivity contribution < 1.29 is 9.18 Å². The van der Waals surface area contributed by atoms with Gasteiger partial charge in [-0.25, -0.2) is 14.4 Å². The van der Waals surface area contributed by atoms with Gasteiger partial charge in [0.15, 0.2) is 5.17 Å². The quantitative estimate of drug-likeness (QED) is 0.703. The highest BCUT2D eigenvalue weighted by atomic mass is 32.2. The van der Waals surface area contributed by atoms with E-state index in [1.165, 1.54) is 30.2 Å². The molecule has 0 aliphatic carbocycles. The number of carbonyl (C=O) groups is 1. The maximum atomic E-state index is 13.2. The van der Waals surface area contributed by atoms with Crippen LogP contribution in [0.15, 0.2) is 64.9 Å². The molecule has 0 unspecified atom stereocenters. The number of hydrogen-bond donors (Lipinski definition) is 1. The van der Waals surface area contributed by atoms with E-state index in [2.05, 4.69) is 20.3 Å². The number of amides is 1. The van der Waals surface area contributed by atoms with Gasteiger partial charge in [-0.3, -0.25) is 4.79 Å². The number of nitrogens with zero attached hydrogens (tertiary/aromatic N) is 3. The molecule has 5 nitrogen and oxygen atoms in total. The summed E-state index contributed by atoms with van der Waals surface area (Å²) in [5.41, 5.74) is 2.64. The summed E-state index contributed by atoms with van der Waals surface area (Å²) in [6.45, 7) is 0.573. The Morgan fingerprint density at radius 1 is 1.19 bits per heavy atom. The average molecular weight is 378 g/mol. The number of nitrogens with one attached hydrogen (secondary N) is 1. The molecule has 27 heavy (non-hydrogen) atoms. The number of halogens is 1. The third kappa shape index (κ3) is 4.20. The van der Waals surface area contributed by atoms with Crippen LogP contribution in [0.2, 0.25) is 0 Å². The highest BCUT2D eigenvalue weighted by Gasteiger charge is 2.21. The summed E-state index contributed by atoms with van der Waals surface area (Å²) in [5, 5.41) is 4.61. The van der Waals surface area contributed by atoms with Gasteiger partial charge in [-0.2, -0.15) is 4.99 Å². The van der Waals surface area contributed by atoms with Gasteiger partial charge in [0, 0.05) is 18.1 Å². The van der Waals surface area contributed by atoms with E-state index < -0.39 is 0 Å². The Morgan fingerprint density at radius 2 is 2.11 bits per heavy atom. The largest absolute Gasteiger partial charge is 0.364 e. The van der Waals surface area contributed by atoms with Gasteiger partial charge in [0.1, 0.15) is 12.1 Å². The Bertz CT molecular complexity index is 1080. The van der Waals surface area contributed by atoms with Gasteiger partial charge in [0.25, 0.3) is 5.91 Å². The van der Waals surface area contributed by atoms with Crippen molar-refractivity contribution in [3.05, 3.63) is 76.8 Å². The molecule has 0 spiro atoms. The Kier molecular flexibility index (Phi) is 4.93. The summed E-state index contributed by atoms with van der Waals surface area (Å²) in [6.07, 6.45) is 5.70. The number of rotatable bonds is 4. The topological polar surface area (TPSA) is 67.2 Å². The zero-order valence-electron chi connectivity index (χ0n) is 14.2. The van der Waals surface area contributed by atoms with E-state index in [1.54, 1.807) is 12.3 Å². The van der Waals surface area contributed by atoms with Crippen LogP contribution in [0.4, 0.5) is 4.39 Å². The van der Waals surface area contributed by atoms with Crippen LogP contribution in [-0.2, 0) is 11.2 Å². The predicted molar refractivity (Wildman–Crippen MR) is 106 cm³/mol. The Morgan fingerprint density at radius 3 is 3.00 bits per heavy atom. The number of thioether (sulfide) groups is 1. The molecule has 2 aromatic carbocycles. The van der Waals surface area contributed by atoms with Crippen LogP contribution in [0.1, 0.15) is 11.1 Å². The maximum absolute atomic E-state index is 13.2. The highest BCUT2D eigenvalue weighted by molar-refractivity contribution is 8.18. The monoisotopic (exact) mass is 378 g/mol. The molecule has 0 bridgehead atoms. The third-order valence-electron chi connectivity index (χ3n) is 4.03. The van der Waals surface area contributed by atoms with Crippen LogP contribution >= 0.6 is 11.8 Å². The first-order valence-corrected chi connectivity index (χ1v) is 9.20. The minimum Gasteiger partial charge on any atom is -0.364 e. The van der Waals surface area contributed by atoms with Crippen LogP contribution in [0.5, 0.6) is 0 Å². The van der Waals surface area contributed by atoms with Crippen molar-refractivity contribution in [3.8, 4) is 0 Å². The first-order valence-electron chi connectivity index (χ1n) is 8.38. The van der Waals surface area contributed by atoms with E-state index in [9.17, 15) is 9.18 Å². The molecule has 0 atom stereocenters. The van der Waals surface area contributed by atoms with E-state index in [1.807, 2.05) is 30.3 Å². The van der Waals surface area contributed by atoms with Gasteiger partial charge in [-0.15, -0.1) is 0 Å². The van der Waals surface area contributed by atoms with Crippen LogP contribution in [-0.4, -0.2) is 27.6 Å². The molecule has 0 fully saturated rings. The van der Waals surface area contributed by atoms with Gasteiger partial charge in [0.2, 0.25) is 0 Å². The Balaban J connectivity index is 1.40. The lowest BCUT2D eigenvalue weighted by Crippen LogP contribution is -2.21. The van der Waals surface area contributed by atoms with Crippen LogP contribution < -0.4 is 5.32 Å². The maximum Gasteiger partial charge on any atom is 0.286 e. The first kappa shape index (κ1) is 17.4. The molecule has 1 amide bonds. The number of amidine groups is 1. The minimum absolute atomic E-state index is 0.249. The fourth-order valence-corrected chi connectivity index (χ4v) is 3.57. The molecule has 0 radical (unpaired) electrons. The van der Waals surface area contributed by atoms with Gasteiger partial charge in [-0.05, 0) is 59.7 Å². The van der Waals surface area contributed by atoms with Gasteiger partial charge < -0.3 is 5.32 Å². The SMILES string of the molecule is O=C1N=C(NCCc2cccc(F)c2)SC1=Cc1ccc2ncncc2c1. The fraction of sp³-hybridized carbons (Fsp3) is 0.100. The fourth-order valence-electron chi connectivity index (χ4n) is 2.74. The molecule has 1 aliphatic rings. The third-order valence-corrected chi connectivity index (χ3v) is 4.97. The summed E-state index contributed by atoms with van der Waals surface area (Å²) >= 11 is 1.30. The zero-order valence-corrected chi connectivity index (χ0v) is 15.0. The molecule has 2 heterocycles. The van der Waals surface area contributed by atoms with E-state index in [0.717, 1.165) is 22.0 Å². The van der Waals surface area contributed by atoms with Gasteiger partial charge in [-0.1, -0.05) is 18.2 Å². The molecule has 7 heteroatoms. The molecule has 0 saturated heterocycles. The van der Waals surface area contributed by atoms with Crippen molar-refractivity contribution in [3.63, 3.8) is 0 Å². The van der Waals surface area contributed by atoms with Crippen molar-refractivity contribution in [1.29, 1.82) is 0 Å². The molecule has 4 rings (SSSR count). The van der Waals surface area contributed by atoms with E-state index in [4.69, 9.17) is 0 Å². The molecule has 1 N–H and O–H groups in total. The lowest BCUT2D eigenvalue weighted by Gasteiger charge is -2.05. The summed E-state index contributed by atoms with van der Waals surface area (Å²) < 4.78 is 13.2. The highest BCUT2D eigenvalue weighted by Crippen LogP contribution is 2.28.